The number of carbonyl (C=O) groups excluding carboxylic acids is 2. The molecule has 1 saturated carbocycles. The molecule has 2 aromatic rings. The lowest BCUT2D eigenvalue weighted by Crippen LogP contribution is -2.53. The molecule has 2 amide bonds. The number of aliphatic hydroxyl groups excluding tert-OH is 1. The van der Waals surface area contributed by atoms with Gasteiger partial charge < -0.3 is 15.3 Å². The van der Waals surface area contributed by atoms with Crippen LogP contribution in [0.5, 0.6) is 0 Å². The van der Waals surface area contributed by atoms with E-state index < -0.39 is 35.3 Å². The lowest BCUT2D eigenvalue weighted by molar-refractivity contribution is -0.144. The van der Waals surface area contributed by atoms with Gasteiger partial charge in [-0.15, -0.1) is 5.10 Å². The number of nitrogens with zero attached hydrogens (tertiary/aromatic N) is 5. The van der Waals surface area contributed by atoms with Gasteiger partial charge in [-0.1, -0.05) is 44.2 Å². The largest absolute Gasteiger partial charge is 0.416 e. The van der Waals surface area contributed by atoms with Crippen LogP contribution in [0.25, 0.3) is 0 Å². The topological polar surface area (TPSA) is 104 Å². The first-order valence-corrected chi connectivity index (χ1v) is 14.4. The summed E-state index contributed by atoms with van der Waals surface area (Å²) in [7, 11) is 0. The molecule has 41 heavy (non-hydrogen) atoms. The van der Waals surface area contributed by atoms with Crippen LogP contribution < -0.4 is 5.32 Å². The number of rotatable bonds is 7. The van der Waals surface area contributed by atoms with Crippen molar-refractivity contribution >= 4 is 11.8 Å². The molecule has 12 heteroatoms. The highest BCUT2D eigenvalue weighted by atomic mass is 19.4. The van der Waals surface area contributed by atoms with Crippen molar-refractivity contribution in [3.05, 3.63) is 47.3 Å². The van der Waals surface area contributed by atoms with Gasteiger partial charge in [0.05, 0.1) is 17.4 Å². The van der Waals surface area contributed by atoms with E-state index in [1.165, 1.54) is 17.0 Å². The fourth-order valence-corrected chi connectivity index (χ4v) is 5.96. The van der Waals surface area contributed by atoms with Gasteiger partial charge in [-0.25, -0.2) is 4.68 Å². The highest BCUT2D eigenvalue weighted by Gasteiger charge is 2.46. The molecule has 1 aromatic carbocycles. The molecule has 3 fully saturated rings. The number of piperidine rings is 1. The third kappa shape index (κ3) is 6.91. The predicted octanol–water partition coefficient (Wildman–Crippen LogP) is 3.50. The maximum absolute atomic E-state index is 13.9. The second-order valence-electron chi connectivity index (χ2n) is 12.8. The number of halogens is 3. The third-order valence-corrected chi connectivity index (χ3v) is 8.30. The van der Waals surface area contributed by atoms with Crippen LogP contribution in [0.1, 0.15) is 81.7 Å². The van der Waals surface area contributed by atoms with Crippen molar-refractivity contribution in [2.24, 2.45) is 5.41 Å². The lowest BCUT2D eigenvalue weighted by Gasteiger charge is -2.36. The van der Waals surface area contributed by atoms with Crippen LogP contribution in [-0.4, -0.2) is 79.5 Å². The summed E-state index contributed by atoms with van der Waals surface area (Å²) in [6.07, 6.45) is 0.228. The highest BCUT2D eigenvalue weighted by molar-refractivity contribution is 5.90. The molecule has 2 aliphatic heterocycles. The molecule has 224 valence electrons. The molecule has 2 saturated heterocycles. The number of likely N-dealkylation sites (tertiary alicyclic amines) is 2. The van der Waals surface area contributed by atoms with Crippen LogP contribution in [0, 0.1) is 5.41 Å². The molecule has 0 unspecified atom stereocenters. The molecule has 5 rings (SSSR count). The van der Waals surface area contributed by atoms with Crippen LogP contribution in [0.15, 0.2) is 30.5 Å². The Morgan fingerprint density at radius 1 is 1.12 bits per heavy atom. The molecular weight excluding hydrogens is 537 g/mol. The third-order valence-electron chi connectivity index (χ3n) is 8.30. The summed E-state index contributed by atoms with van der Waals surface area (Å²) in [5.41, 5.74) is 0.312. The van der Waals surface area contributed by atoms with E-state index in [0.29, 0.717) is 44.0 Å². The number of benzene rings is 1. The summed E-state index contributed by atoms with van der Waals surface area (Å²) < 4.78 is 40.8. The SMILES string of the molecule is CC(C)(C)[C@@H](C(=O)N1C[C@H](O)C[C@H]1C(=O)NC1CCN(Cc2cccc(C(F)(F)F)c2)CC1)n1cc(C2CC2)nn1. The van der Waals surface area contributed by atoms with Crippen molar-refractivity contribution < 1.29 is 27.9 Å². The van der Waals surface area contributed by atoms with E-state index in [-0.39, 0.29) is 30.8 Å². The highest BCUT2D eigenvalue weighted by Crippen LogP contribution is 2.40. The molecule has 3 atom stereocenters. The van der Waals surface area contributed by atoms with Crippen molar-refractivity contribution in [3.63, 3.8) is 0 Å². The molecule has 1 aromatic heterocycles. The summed E-state index contributed by atoms with van der Waals surface area (Å²) in [6, 6.07) is 3.77. The van der Waals surface area contributed by atoms with Gasteiger partial charge in [0.2, 0.25) is 11.8 Å². The first-order chi connectivity index (χ1) is 19.3. The quantitative estimate of drug-likeness (QED) is 0.523. The number of carbonyl (C=O) groups is 2. The lowest BCUT2D eigenvalue weighted by atomic mass is 9.85. The van der Waals surface area contributed by atoms with Crippen LogP contribution in [0.2, 0.25) is 0 Å². The van der Waals surface area contributed by atoms with E-state index in [1.807, 2.05) is 27.0 Å². The van der Waals surface area contributed by atoms with Crippen LogP contribution in [-0.2, 0) is 22.3 Å². The number of aromatic nitrogens is 3. The van der Waals surface area contributed by atoms with Gasteiger partial charge >= 0.3 is 6.18 Å². The Balaban J connectivity index is 1.19. The average Bonchev–Trinajstić information content (AvgIpc) is 3.50. The molecule has 0 bridgehead atoms. The number of nitrogens with one attached hydrogen (secondary N) is 1. The fourth-order valence-electron chi connectivity index (χ4n) is 5.96. The van der Waals surface area contributed by atoms with Gasteiger partial charge in [-0.2, -0.15) is 13.2 Å². The fraction of sp³-hybridized carbons (Fsp3) is 0.655. The number of amides is 2. The zero-order valence-electron chi connectivity index (χ0n) is 23.8. The van der Waals surface area contributed by atoms with Crippen molar-refractivity contribution in [2.45, 2.75) is 95.7 Å². The van der Waals surface area contributed by atoms with E-state index in [2.05, 4.69) is 20.5 Å². The normalized spacial score (nSPS) is 23.5. The minimum absolute atomic E-state index is 0.0725. The molecule has 0 radical (unpaired) electrons. The number of hydrogen-bond acceptors (Lipinski definition) is 6. The molecule has 2 N–H and O–H groups in total. The van der Waals surface area contributed by atoms with Gasteiger partial charge in [0.25, 0.3) is 0 Å². The van der Waals surface area contributed by atoms with E-state index in [0.717, 1.165) is 24.6 Å². The van der Waals surface area contributed by atoms with Crippen LogP contribution in [0.4, 0.5) is 13.2 Å². The standard InChI is InChI=1S/C29H39F3N6O3/c1-28(2,3)25(38-17-23(34-35-38)19-7-8-19)27(41)37-16-22(39)14-24(37)26(40)33-21-9-11-36(12-10-21)15-18-5-4-6-20(13-18)29(30,31)32/h4-6,13,17,19,21-22,24-25,39H,7-12,14-16H2,1-3H3,(H,33,40)/t22-,24+,25-/m1/s1. The summed E-state index contributed by atoms with van der Waals surface area (Å²) >= 11 is 0. The number of hydrogen-bond donors (Lipinski definition) is 2. The van der Waals surface area contributed by atoms with Gasteiger partial charge in [0.1, 0.15) is 12.1 Å². The van der Waals surface area contributed by atoms with Crippen molar-refractivity contribution in [3.8, 4) is 0 Å². The zero-order valence-corrected chi connectivity index (χ0v) is 23.8. The molecule has 3 aliphatic rings. The second-order valence-corrected chi connectivity index (χ2v) is 12.8. The van der Waals surface area contributed by atoms with Gasteiger partial charge in [0, 0.05) is 50.8 Å². The minimum atomic E-state index is -4.38. The molecular formula is C29H39F3N6O3. The van der Waals surface area contributed by atoms with Crippen molar-refractivity contribution in [1.29, 1.82) is 0 Å². The van der Waals surface area contributed by atoms with Crippen molar-refractivity contribution in [2.75, 3.05) is 19.6 Å². The maximum Gasteiger partial charge on any atom is 0.416 e. The number of alkyl halides is 3. The summed E-state index contributed by atoms with van der Waals surface area (Å²) in [4.78, 5) is 30.9. The van der Waals surface area contributed by atoms with Gasteiger partial charge in [-0.3, -0.25) is 14.5 Å². The number of β-amino-alcohol motifs (C(OH)–C–C–N with tert-alkyl or cyclic N) is 1. The monoisotopic (exact) mass is 576 g/mol. The molecule has 1 aliphatic carbocycles. The maximum atomic E-state index is 13.9. The second kappa shape index (κ2) is 11.4. The Labute approximate surface area is 238 Å². The first-order valence-electron chi connectivity index (χ1n) is 14.4. The minimum Gasteiger partial charge on any atom is -0.391 e. The zero-order chi connectivity index (χ0) is 29.5. The molecule has 9 nitrogen and oxygen atoms in total. The Morgan fingerprint density at radius 3 is 2.46 bits per heavy atom. The van der Waals surface area contributed by atoms with E-state index in [9.17, 15) is 27.9 Å². The summed E-state index contributed by atoms with van der Waals surface area (Å²) in [6.45, 7) is 7.57. The van der Waals surface area contributed by atoms with E-state index in [1.54, 1.807) is 10.7 Å². The van der Waals surface area contributed by atoms with Gasteiger partial charge in [0.15, 0.2) is 0 Å². The van der Waals surface area contributed by atoms with Crippen LogP contribution in [0.3, 0.4) is 0 Å². The Hall–Kier alpha value is -2.99. The number of aliphatic hydroxyl groups is 1. The average molecular weight is 577 g/mol. The van der Waals surface area contributed by atoms with E-state index >= 15 is 0 Å². The van der Waals surface area contributed by atoms with Crippen LogP contribution >= 0.6 is 0 Å². The van der Waals surface area contributed by atoms with Crippen molar-refractivity contribution in [1.82, 2.24) is 30.1 Å². The first kappa shape index (κ1) is 29.5. The smallest absolute Gasteiger partial charge is 0.391 e. The Bertz CT molecular complexity index is 1250. The summed E-state index contributed by atoms with van der Waals surface area (Å²) in [5.74, 6) is -0.170. The predicted molar refractivity (Wildman–Crippen MR) is 144 cm³/mol. The molecule has 0 spiro atoms. The Kier molecular flexibility index (Phi) is 8.17. The molecule has 3 heterocycles. The summed E-state index contributed by atoms with van der Waals surface area (Å²) in [5, 5.41) is 22.1. The van der Waals surface area contributed by atoms with E-state index in [4.69, 9.17) is 0 Å². The Morgan fingerprint density at radius 2 is 1.83 bits per heavy atom. The van der Waals surface area contributed by atoms with Gasteiger partial charge in [-0.05, 0) is 42.7 Å².